The summed E-state index contributed by atoms with van der Waals surface area (Å²) in [7, 11) is 3.97. The standard InChI is InChI=1S/C13H19N5O2/c1-16(2)13(17-7-9-19-10-8-17)20-18-12-6-4-3-5-11(12)14-15-18/h3-6,13H,7-10H2,1-2H3. The van der Waals surface area contributed by atoms with Gasteiger partial charge >= 0.3 is 0 Å². The van der Waals surface area contributed by atoms with Gasteiger partial charge in [-0.2, -0.15) is 0 Å². The van der Waals surface area contributed by atoms with Crippen LogP contribution in [0.5, 0.6) is 0 Å². The minimum Gasteiger partial charge on any atom is -0.379 e. The number of nitrogens with zero attached hydrogens (tertiary/aromatic N) is 5. The third-order valence-electron chi connectivity index (χ3n) is 3.32. The van der Waals surface area contributed by atoms with Crippen molar-refractivity contribution in [3.63, 3.8) is 0 Å². The molecular formula is C13H19N5O2. The molecule has 1 atom stereocenters. The highest BCUT2D eigenvalue weighted by Gasteiger charge is 2.25. The van der Waals surface area contributed by atoms with E-state index in [0.717, 1.165) is 37.3 Å². The first-order valence-corrected chi connectivity index (χ1v) is 6.71. The molecule has 1 aromatic carbocycles. The number of hydrogen-bond donors (Lipinski definition) is 0. The first-order valence-electron chi connectivity index (χ1n) is 6.71. The van der Waals surface area contributed by atoms with Crippen LogP contribution in [0.2, 0.25) is 0 Å². The maximum atomic E-state index is 6.01. The van der Waals surface area contributed by atoms with Gasteiger partial charge < -0.3 is 9.57 Å². The van der Waals surface area contributed by atoms with Gasteiger partial charge in [-0.15, -0.1) is 5.10 Å². The number of aromatic nitrogens is 3. The van der Waals surface area contributed by atoms with E-state index in [1.54, 1.807) is 0 Å². The monoisotopic (exact) mass is 277 g/mol. The molecule has 20 heavy (non-hydrogen) atoms. The Morgan fingerprint density at radius 1 is 1.25 bits per heavy atom. The van der Waals surface area contributed by atoms with Crippen molar-refractivity contribution in [1.82, 2.24) is 25.0 Å². The molecule has 7 heteroatoms. The number of morpholine rings is 1. The lowest BCUT2D eigenvalue weighted by molar-refractivity contribution is -0.166. The molecule has 7 nitrogen and oxygen atoms in total. The van der Waals surface area contributed by atoms with Gasteiger partial charge in [0.1, 0.15) is 11.0 Å². The Hall–Kier alpha value is -1.70. The van der Waals surface area contributed by atoms with Crippen LogP contribution in [-0.4, -0.2) is 71.7 Å². The van der Waals surface area contributed by atoms with Gasteiger partial charge in [-0.3, -0.25) is 4.90 Å². The molecule has 1 aromatic heterocycles. The molecular weight excluding hydrogens is 258 g/mol. The third kappa shape index (κ3) is 2.60. The molecule has 0 N–H and O–H groups in total. The van der Waals surface area contributed by atoms with Crippen LogP contribution in [0.1, 0.15) is 0 Å². The van der Waals surface area contributed by atoms with Crippen molar-refractivity contribution in [3.05, 3.63) is 24.3 Å². The van der Waals surface area contributed by atoms with Crippen LogP contribution < -0.4 is 4.84 Å². The van der Waals surface area contributed by atoms with Crippen molar-refractivity contribution >= 4 is 11.0 Å². The van der Waals surface area contributed by atoms with E-state index in [1.807, 2.05) is 43.3 Å². The van der Waals surface area contributed by atoms with Crippen molar-refractivity contribution < 1.29 is 9.57 Å². The van der Waals surface area contributed by atoms with E-state index in [-0.39, 0.29) is 6.35 Å². The number of benzene rings is 1. The van der Waals surface area contributed by atoms with Crippen LogP contribution in [0.4, 0.5) is 0 Å². The quantitative estimate of drug-likeness (QED) is 0.735. The van der Waals surface area contributed by atoms with Crippen molar-refractivity contribution in [3.8, 4) is 0 Å². The van der Waals surface area contributed by atoms with Gasteiger partial charge in [-0.05, 0) is 31.4 Å². The highest BCUT2D eigenvalue weighted by Crippen LogP contribution is 2.11. The van der Waals surface area contributed by atoms with Crippen molar-refractivity contribution in [1.29, 1.82) is 0 Å². The predicted molar refractivity (Wildman–Crippen MR) is 74.0 cm³/mol. The van der Waals surface area contributed by atoms with Gasteiger partial charge in [0.05, 0.1) is 13.2 Å². The van der Waals surface area contributed by atoms with E-state index in [1.165, 1.54) is 4.85 Å². The molecule has 0 bridgehead atoms. The highest BCUT2D eigenvalue weighted by atomic mass is 16.7. The van der Waals surface area contributed by atoms with Gasteiger partial charge in [0.15, 0.2) is 0 Å². The zero-order valence-electron chi connectivity index (χ0n) is 11.8. The van der Waals surface area contributed by atoms with Crippen LogP contribution >= 0.6 is 0 Å². The Bertz CT molecular complexity index is 565. The molecule has 2 heterocycles. The number of rotatable bonds is 4. The Morgan fingerprint density at radius 2 is 2.00 bits per heavy atom. The summed E-state index contributed by atoms with van der Waals surface area (Å²) in [5.74, 6) is 0. The largest absolute Gasteiger partial charge is 0.379 e. The lowest BCUT2D eigenvalue weighted by atomic mass is 10.3. The maximum absolute atomic E-state index is 6.01. The van der Waals surface area contributed by atoms with Gasteiger partial charge in [-0.1, -0.05) is 17.0 Å². The first kappa shape index (κ1) is 13.3. The zero-order valence-corrected chi connectivity index (χ0v) is 11.8. The Labute approximate surface area is 117 Å². The zero-order chi connectivity index (χ0) is 13.9. The summed E-state index contributed by atoms with van der Waals surface area (Å²) in [6.45, 7) is 3.14. The van der Waals surface area contributed by atoms with Crippen molar-refractivity contribution in [2.45, 2.75) is 6.35 Å². The van der Waals surface area contributed by atoms with Gasteiger partial charge in [0.2, 0.25) is 6.35 Å². The second-order valence-electron chi connectivity index (χ2n) is 4.99. The molecule has 1 unspecified atom stereocenters. The number of fused-ring (bicyclic) bond motifs is 1. The lowest BCUT2D eigenvalue weighted by Crippen LogP contribution is -2.55. The van der Waals surface area contributed by atoms with Crippen LogP contribution in [-0.2, 0) is 4.74 Å². The molecule has 1 saturated heterocycles. The average Bonchev–Trinajstić information content (AvgIpc) is 2.88. The van der Waals surface area contributed by atoms with Crippen molar-refractivity contribution in [2.75, 3.05) is 40.4 Å². The smallest absolute Gasteiger partial charge is 0.238 e. The molecule has 0 aliphatic carbocycles. The molecule has 108 valence electrons. The Kier molecular flexibility index (Phi) is 3.81. The Morgan fingerprint density at radius 3 is 2.75 bits per heavy atom. The van der Waals surface area contributed by atoms with Crippen LogP contribution in [0, 0.1) is 0 Å². The van der Waals surface area contributed by atoms with Crippen LogP contribution in [0.25, 0.3) is 11.0 Å². The highest BCUT2D eigenvalue weighted by molar-refractivity contribution is 5.73. The van der Waals surface area contributed by atoms with Gasteiger partial charge in [-0.25, -0.2) is 4.90 Å². The molecule has 0 radical (unpaired) electrons. The maximum Gasteiger partial charge on any atom is 0.238 e. The van der Waals surface area contributed by atoms with E-state index >= 15 is 0 Å². The summed E-state index contributed by atoms with van der Waals surface area (Å²) in [5, 5.41) is 8.17. The molecule has 2 aromatic rings. The fourth-order valence-electron chi connectivity index (χ4n) is 2.30. The molecule has 3 rings (SSSR count). The number of hydrogen-bond acceptors (Lipinski definition) is 6. The topological polar surface area (TPSA) is 55.7 Å². The van der Waals surface area contributed by atoms with E-state index in [2.05, 4.69) is 15.2 Å². The van der Waals surface area contributed by atoms with E-state index < -0.39 is 0 Å². The van der Waals surface area contributed by atoms with E-state index in [4.69, 9.17) is 9.57 Å². The average molecular weight is 277 g/mol. The number of ether oxygens (including phenoxy) is 1. The Balaban J connectivity index is 1.82. The first-order chi connectivity index (χ1) is 9.75. The summed E-state index contributed by atoms with van der Waals surface area (Å²) >= 11 is 0. The lowest BCUT2D eigenvalue weighted by Gasteiger charge is -2.36. The third-order valence-corrected chi connectivity index (χ3v) is 3.32. The number of para-hydroxylation sites is 1. The minimum absolute atomic E-state index is 0.191. The fraction of sp³-hybridized carbons (Fsp3) is 0.538. The molecule has 1 aliphatic rings. The summed E-state index contributed by atoms with van der Waals surface area (Å²) in [4.78, 5) is 11.7. The summed E-state index contributed by atoms with van der Waals surface area (Å²) < 4.78 is 5.38. The van der Waals surface area contributed by atoms with Crippen molar-refractivity contribution in [2.24, 2.45) is 0 Å². The van der Waals surface area contributed by atoms with E-state index in [0.29, 0.717) is 0 Å². The fourth-order valence-corrected chi connectivity index (χ4v) is 2.30. The van der Waals surface area contributed by atoms with Crippen LogP contribution in [0.3, 0.4) is 0 Å². The molecule has 0 saturated carbocycles. The normalized spacial score (nSPS) is 18.6. The summed E-state index contributed by atoms with van der Waals surface area (Å²) in [6.07, 6.45) is -0.191. The van der Waals surface area contributed by atoms with E-state index in [9.17, 15) is 0 Å². The summed E-state index contributed by atoms with van der Waals surface area (Å²) in [5.41, 5.74) is 1.69. The van der Waals surface area contributed by atoms with Gasteiger partial charge in [0.25, 0.3) is 0 Å². The van der Waals surface area contributed by atoms with Gasteiger partial charge in [0, 0.05) is 13.1 Å². The summed E-state index contributed by atoms with van der Waals surface area (Å²) in [6, 6.07) is 7.75. The second kappa shape index (κ2) is 5.74. The molecule has 0 spiro atoms. The minimum atomic E-state index is -0.191. The molecule has 1 aliphatic heterocycles. The predicted octanol–water partition coefficient (Wildman–Crippen LogP) is 0.0373. The van der Waals surface area contributed by atoms with Crippen LogP contribution in [0.15, 0.2) is 24.3 Å². The molecule has 1 fully saturated rings. The SMILES string of the molecule is CN(C)C(On1nnc2ccccc21)N1CCOCC1. The second-order valence-corrected chi connectivity index (χ2v) is 4.99. The molecule has 0 amide bonds.